The number of hydrogen-bond acceptors (Lipinski definition) is 5. The minimum absolute atomic E-state index is 0.0798. The zero-order chi connectivity index (χ0) is 14.5. The Morgan fingerprint density at radius 2 is 2.00 bits per heavy atom. The molecule has 0 saturated carbocycles. The van der Waals surface area contributed by atoms with Crippen molar-refractivity contribution in [2.24, 2.45) is 0 Å². The Morgan fingerprint density at radius 1 is 1.30 bits per heavy atom. The summed E-state index contributed by atoms with van der Waals surface area (Å²) in [5.41, 5.74) is 0. The molecular weight excluding hydrogens is 264 g/mol. The van der Waals surface area contributed by atoms with Gasteiger partial charge in [0, 0.05) is 52.2 Å². The van der Waals surface area contributed by atoms with Gasteiger partial charge in [-0.15, -0.1) is 0 Å². The Kier molecular flexibility index (Phi) is 5.16. The molecule has 4 N–H and O–H groups in total. The zero-order valence-corrected chi connectivity index (χ0v) is 11.4. The molecule has 2 aliphatic heterocycles. The molecule has 8 nitrogen and oxygen atoms in total. The highest BCUT2D eigenvalue weighted by Crippen LogP contribution is 2.17. The van der Waals surface area contributed by atoms with Crippen molar-refractivity contribution >= 4 is 12.0 Å². The quantitative estimate of drug-likeness (QED) is 0.482. The number of aliphatic carboxylic acids is 1. The summed E-state index contributed by atoms with van der Waals surface area (Å²) >= 11 is 0. The molecule has 2 atom stereocenters. The van der Waals surface area contributed by atoms with Crippen molar-refractivity contribution in [3.8, 4) is 0 Å². The normalized spacial score (nSPS) is 27.6. The van der Waals surface area contributed by atoms with Crippen LogP contribution in [0.4, 0.5) is 4.79 Å². The second kappa shape index (κ2) is 6.87. The van der Waals surface area contributed by atoms with Crippen LogP contribution in [0.2, 0.25) is 0 Å². The number of likely N-dealkylation sites (tertiary alicyclic amines) is 1. The van der Waals surface area contributed by atoms with Gasteiger partial charge in [0.15, 0.2) is 0 Å². The van der Waals surface area contributed by atoms with Crippen LogP contribution in [0.25, 0.3) is 0 Å². The van der Waals surface area contributed by atoms with Gasteiger partial charge in [0.05, 0.1) is 6.10 Å². The number of amides is 2. The predicted octanol–water partition coefficient (Wildman–Crippen LogP) is -1.88. The Hall–Kier alpha value is -1.38. The number of aliphatic hydroxyl groups excluding tert-OH is 1. The number of urea groups is 1. The summed E-state index contributed by atoms with van der Waals surface area (Å²) in [6.45, 7) is 5.13. The molecule has 2 saturated heterocycles. The maximum atomic E-state index is 12.0. The Labute approximate surface area is 117 Å². The molecule has 2 fully saturated rings. The van der Waals surface area contributed by atoms with Crippen LogP contribution in [0.5, 0.6) is 0 Å². The third-order valence-corrected chi connectivity index (χ3v) is 3.74. The second-order valence-electron chi connectivity index (χ2n) is 5.22. The number of carbonyl (C=O) groups excluding carboxylic acids is 1. The highest BCUT2D eigenvalue weighted by Gasteiger charge is 2.38. The first-order valence-electron chi connectivity index (χ1n) is 6.96. The number of nitrogens with zero attached hydrogens (tertiary/aromatic N) is 2. The number of β-amino-alcohol motifs (C(OH)–C–C–N with tert-alkyl or cyclic N) is 1. The summed E-state index contributed by atoms with van der Waals surface area (Å²) in [6, 6.07) is -1.34. The summed E-state index contributed by atoms with van der Waals surface area (Å²) in [5.74, 6) is -1.07. The highest BCUT2D eigenvalue weighted by atomic mass is 16.4. The van der Waals surface area contributed by atoms with Gasteiger partial charge in [0.25, 0.3) is 0 Å². The molecule has 0 radical (unpaired) electrons. The molecule has 8 heteroatoms. The second-order valence-corrected chi connectivity index (χ2v) is 5.22. The number of carbonyl (C=O) groups is 2. The van der Waals surface area contributed by atoms with Crippen LogP contribution in [0.15, 0.2) is 0 Å². The first-order valence-corrected chi connectivity index (χ1v) is 6.96. The topological polar surface area (TPSA) is 105 Å². The van der Waals surface area contributed by atoms with Crippen LogP contribution >= 0.6 is 0 Å². The van der Waals surface area contributed by atoms with E-state index in [4.69, 9.17) is 5.11 Å². The molecule has 0 aromatic rings. The van der Waals surface area contributed by atoms with Gasteiger partial charge < -0.3 is 25.7 Å². The smallest absolute Gasteiger partial charge is 0.326 e. The van der Waals surface area contributed by atoms with Gasteiger partial charge in [-0.1, -0.05) is 0 Å². The van der Waals surface area contributed by atoms with Crippen LogP contribution in [0.1, 0.15) is 6.42 Å². The van der Waals surface area contributed by atoms with Crippen LogP contribution in [0.3, 0.4) is 0 Å². The largest absolute Gasteiger partial charge is 0.480 e. The molecular formula is C12H22N4O4. The fourth-order valence-corrected chi connectivity index (χ4v) is 2.63. The van der Waals surface area contributed by atoms with Crippen LogP contribution in [-0.4, -0.2) is 90.0 Å². The molecule has 2 aliphatic rings. The van der Waals surface area contributed by atoms with E-state index in [1.165, 1.54) is 4.90 Å². The monoisotopic (exact) mass is 286 g/mol. The summed E-state index contributed by atoms with van der Waals surface area (Å²) in [4.78, 5) is 26.4. The van der Waals surface area contributed by atoms with E-state index in [0.29, 0.717) is 6.54 Å². The van der Waals surface area contributed by atoms with Crippen molar-refractivity contribution in [2.75, 3.05) is 45.8 Å². The number of nitrogens with one attached hydrogen (secondary N) is 2. The van der Waals surface area contributed by atoms with Gasteiger partial charge in [-0.3, -0.25) is 4.90 Å². The van der Waals surface area contributed by atoms with Gasteiger partial charge in [-0.25, -0.2) is 9.59 Å². The lowest BCUT2D eigenvalue weighted by Crippen LogP contribution is -2.49. The van der Waals surface area contributed by atoms with E-state index >= 15 is 0 Å². The molecule has 0 spiro atoms. The van der Waals surface area contributed by atoms with Crippen molar-refractivity contribution in [1.29, 1.82) is 0 Å². The molecule has 0 aromatic carbocycles. The third kappa shape index (κ3) is 3.81. The van der Waals surface area contributed by atoms with Gasteiger partial charge >= 0.3 is 12.0 Å². The van der Waals surface area contributed by atoms with E-state index < -0.39 is 24.1 Å². The van der Waals surface area contributed by atoms with Gasteiger partial charge in [0.1, 0.15) is 6.04 Å². The molecule has 0 aromatic heterocycles. The maximum Gasteiger partial charge on any atom is 0.326 e. The molecule has 114 valence electrons. The highest BCUT2D eigenvalue weighted by molar-refractivity contribution is 5.83. The van der Waals surface area contributed by atoms with Crippen molar-refractivity contribution in [3.63, 3.8) is 0 Å². The fourth-order valence-electron chi connectivity index (χ4n) is 2.63. The lowest BCUT2D eigenvalue weighted by atomic mass is 10.2. The first kappa shape index (κ1) is 15.0. The van der Waals surface area contributed by atoms with Crippen molar-refractivity contribution in [1.82, 2.24) is 20.4 Å². The third-order valence-electron chi connectivity index (χ3n) is 3.74. The standard InChI is InChI=1S/C12H22N4O4/c17-9-7-10(11(18)19)16(8-9)12(20)14-3-6-15-4-1-13-2-5-15/h9-10,13,17H,1-8H2,(H,14,20)(H,18,19)/t9?,10-/m0/s1. The van der Waals surface area contributed by atoms with E-state index in [2.05, 4.69) is 15.5 Å². The number of rotatable bonds is 4. The van der Waals surface area contributed by atoms with Gasteiger partial charge in [-0.2, -0.15) is 0 Å². The number of carboxylic acids is 1. The molecule has 0 aliphatic carbocycles. The van der Waals surface area contributed by atoms with Gasteiger partial charge in [0.2, 0.25) is 0 Å². The Bertz CT molecular complexity index is 359. The minimum Gasteiger partial charge on any atom is -0.480 e. The number of carboxylic acid groups (broad SMARTS) is 1. The minimum atomic E-state index is -1.07. The predicted molar refractivity (Wildman–Crippen MR) is 71.5 cm³/mol. The summed E-state index contributed by atoms with van der Waals surface area (Å²) in [6.07, 6.45) is -0.657. The average molecular weight is 286 g/mol. The summed E-state index contributed by atoms with van der Waals surface area (Å²) in [5, 5.41) is 24.5. The van der Waals surface area contributed by atoms with Crippen LogP contribution in [0, 0.1) is 0 Å². The van der Waals surface area contributed by atoms with E-state index in [-0.39, 0.29) is 13.0 Å². The van der Waals surface area contributed by atoms with Crippen molar-refractivity contribution in [2.45, 2.75) is 18.6 Å². The summed E-state index contributed by atoms with van der Waals surface area (Å²) < 4.78 is 0. The van der Waals surface area contributed by atoms with E-state index in [9.17, 15) is 14.7 Å². The Balaban J connectivity index is 1.74. The molecule has 1 unspecified atom stereocenters. The fraction of sp³-hybridized carbons (Fsp3) is 0.833. The Morgan fingerprint density at radius 3 is 2.65 bits per heavy atom. The lowest BCUT2D eigenvalue weighted by Gasteiger charge is -2.28. The maximum absolute atomic E-state index is 12.0. The molecule has 0 bridgehead atoms. The molecule has 2 rings (SSSR count). The number of hydrogen-bond donors (Lipinski definition) is 4. The van der Waals surface area contributed by atoms with E-state index in [1.54, 1.807) is 0 Å². The van der Waals surface area contributed by atoms with E-state index in [0.717, 1.165) is 32.7 Å². The van der Waals surface area contributed by atoms with Crippen LogP contribution < -0.4 is 10.6 Å². The van der Waals surface area contributed by atoms with Crippen molar-refractivity contribution in [3.05, 3.63) is 0 Å². The summed E-state index contributed by atoms with van der Waals surface area (Å²) in [7, 11) is 0. The SMILES string of the molecule is O=C(O)[C@@H]1CC(O)CN1C(=O)NCCN1CCNCC1. The zero-order valence-electron chi connectivity index (χ0n) is 11.4. The molecule has 2 heterocycles. The number of aliphatic hydroxyl groups is 1. The van der Waals surface area contributed by atoms with Crippen LogP contribution in [-0.2, 0) is 4.79 Å². The van der Waals surface area contributed by atoms with E-state index in [1.807, 2.05) is 0 Å². The molecule has 2 amide bonds. The average Bonchev–Trinajstić information content (AvgIpc) is 2.82. The van der Waals surface area contributed by atoms with Crippen molar-refractivity contribution < 1.29 is 19.8 Å². The number of piperazine rings is 1. The van der Waals surface area contributed by atoms with Gasteiger partial charge in [-0.05, 0) is 0 Å². The lowest BCUT2D eigenvalue weighted by molar-refractivity contribution is -0.141. The first-order chi connectivity index (χ1) is 9.58. The molecule has 20 heavy (non-hydrogen) atoms.